The molecule has 0 unspecified atom stereocenters. The molecule has 4 heterocycles. The van der Waals surface area contributed by atoms with E-state index in [0.29, 0.717) is 62.5 Å². The van der Waals surface area contributed by atoms with Crippen LogP contribution in [-0.2, 0) is 22.5 Å². The maximum atomic E-state index is 15.6. The summed E-state index contributed by atoms with van der Waals surface area (Å²) in [5.74, 6) is -1.71. The normalized spacial score (nSPS) is 20.5. The van der Waals surface area contributed by atoms with Crippen molar-refractivity contribution in [2.45, 2.75) is 50.9 Å². The first-order valence-electron chi connectivity index (χ1n) is 15.6. The number of ether oxygens (including phenoxy) is 1. The molecule has 12 heteroatoms. The number of fused-ring (bicyclic) bond motifs is 1. The summed E-state index contributed by atoms with van der Waals surface area (Å²) in [5.41, 5.74) is 1.27. The van der Waals surface area contributed by atoms with E-state index >= 15 is 4.39 Å². The average molecular weight is 653 g/mol. The van der Waals surface area contributed by atoms with E-state index in [-0.39, 0.29) is 42.5 Å². The van der Waals surface area contributed by atoms with Gasteiger partial charge in [-0.15, -0.1) is 11.3 Å². The number of amides is 2. The van der Waals surface area contributed by atoms with Crippen molar-refractivity contribution in [1.82, 2.24) is 15.1 Å². The third-order valence-electron chi connectivity index (χ3n) is 9.18. The Morgan fingerprint density at radius 1 is 1.17 bits per heavy atom. The van der Waals surface area contributed by atoms with Crippen molar-refractivity contribution in [1.29, 1.82) is 0 Å². The number of hydrogen-bond donors (Lipinski definition) is 3. The molecule has 9 nitrogen and oxygen atoms in total. The van der Waals surface area contributed by atoms with Crippen molar-refractivity contribution < 1.29 is 33.3 Å². The van der Waals surface area contributed by atoms with Crippen LogP contribution in [0.1, 0.15) is 44.9 Å². The number of aryl methyl sites for hydroxylation is 1. The number of nitrogens with one attached hydrogen (secondary N) is 1. The molecule has 1 aromatic carbocycles. The molecule has 3 aliphatic heterocycles. The van der Waals surface area contributed by atoms with Gasteiger partial charge in [-0.05, 0) is 75.1 Å². The zero-order valence-corrected chi connectivity index (χ0v) is 26.5. The van der Waals surface area contributed by atoms with Gasteiger partial charge in [0, 0.05) is 60.4 Å². The molecule has 6 rings (SSSR count). The molecule has 244 valence electrons. The smallest absolute Gasteiger partial charge is 0.270 e. The predicted octanol–water partition coefficient (Wildman–Crippen LogP) is 4.01. The lowest BCUT2D eigenvalue weighted by atomic mass is 9.89. The zero-order chi connectivity index (χ0) is 32.4. The van der Waals surface area contributed by atoms with E-state index in [4.69, 9.17) is 4.74 Å². The third-order valence-corrected chi connectivity index (χ3v) is 10.2. The van der Waals surface area contributed by atoms with E-state index in [1.165, 1.54) is 41.7 Å². The summed E-state index contributed by atoms with van der Waals surface area (Å²) in [5, 5.41) is 24.0. The molecular formula is C34H38F2N4O5S. The van der Waals surface area contributed by atoms with Crippen molar-refractivity contribution in [3.8, 4) is 0 Å². The van der Waals surface area contributed by atoms with Crippen LogP contribution in [-0.4, -0.2) is 95.1 Å². The van der Waals surface area contributed by atoms with E-state index < -0.39 is 29.2 Å². The summed E-state index contributed by atoms with van der Waals surface area (Å²) >= 11 is 1.50. The summed E-state index contributed by atoms with van der Waals surface area (Å²) < 4.78 is 36.5. The van der Waals surface area contributed by atoms with Gasteiger partial charge in [-0.3, -0.25) is 14.5 Å². The van der Waals surface area contributed by atoms with Gasteiger partial charge in [-0.25, -0.2) is 13.8 Å². The fourth-order valence-electron chi connectivity index (χ4n) is 6.58. The van der Waals surface area contributed by atoms with Gasteiger partial charge in [0.25, 0.3) is 11.8 Å². The number of carbonyl (C=O) groups is 2. The van der Waals surface area contributed by atoms with Crippen molar-refractivity contribution in [3.05, 3.63) is 91.9 Å². The van der Waals surface area contributed by atoms with Gasteiger partial charge in [0.15, 0.2) is 0 Å². The molecule has 0 saturated carbocycles. The number of carbonyl (C=O) groups excluding carboxylic acids is 2. The molecule has 2 saturated heterocycles. The van der Waals surface area contributed by atoms with Crippen molar-refractivity contribution >= 4 is 28.9 Å². The lowest BCUT2D eigenvalue weighted by Crippen LogP contribution is -2.57. The number of aliphatic hydroxyl groups is 2. The molecule has 1 atom stereocenters. The molecule has 2 fully saturated rings. The molecule has 1 aliphatic carbocycles. The Labute approximate surface area is 270 Å². The molecule has 1 aromatic heterocycles. The van der Waals surface area contributed by atoms with Gasteiger partial charge in [-0.1, -0.05) is 6.07 Å². The molecule has 4 aliphatic rings. The number of allylic oxidation sites excluding steroid dienone is 3. The number of likely N-dealkylation sites (tertiary alicyclic amines) is 1. The quantitative estimate of drug-likeness (QED) is 0.351. The summed E-state index contributed by atoms with van der Waals surface area (Å²) in [4.78, 5) is 34.4. The minimum absolute atomic E-state index is 0.00255. The zero-order valence-electron chi connectivity index (χ0n) is 25.7. The number of morpholine rings is 1. The Balaban J connectivity index is 1.01. The number of dihydropyridines is 1. The van der Waals surface area contributed by atoms with Gasteiger partial charge >= 0.3 is 0 Å². The van der Waals surface area contributed by atoms with Gasteiger partial charge in [-0.2, -0.15) is 0 Å². The Kier molecular flexibility index (Phi) is 9.62. The number of aliphatic imine (C=N–C) groups is 1. The highest BCUT2D eigenvalue weighted by molar-refractivity contribution is 7.13. The summed E-state index contributed by atoms with van der Waals surface area (Å²) in [6.07, 6.45) is 5.20. The minimum Gasteiger partial charge on any atom is -0.506 e. The van der Waals surface area contributed by atoms with E-state index in [0.717, 1.165) is 22.6 Å². The molecule has 2 amide bonds. The van der Waals surface area contributed by atoms with Crippen LogP contribution in [0.4, 0.5) is 8.78 Å². The number of piperidine rings is 1. The van der Waals surface area contributed by atoms with E-state index in [2.05, 4.69) is 15.2 Å². The lowest BCUT2D eigenvalue weighted by molar-refractivity contribution is -0.127. The van der Waals surface area contributed by atoms with Crippen LogP contribution < -0.4 is 5.32 Å². The van der Waals surface area contributed by atoms with Crippen molar-refractivity contribution in [3.63, 3.8) is 0 Å². The van der Waals surface area contributed by atoms with Gasteiger partial charge in [0.1, 0.15) is 23.1 Å². The maximum absolute atomic E-state index is 15.6. The second kappa shape index (κ2) is 13.7. The van der Waals surface area contributed by atoms with Gasteiger partial charge in [0.05, 0.1) is 29.7 Å². The summed E-state index contributed by atoms with van der Waals surface area (Å²) in [6, 6.07) is 6.64. The first-order valence-corrected chi connectivity index (χ1v) is 16.4. The van der Waals surface area contributed by atoms with Crippen LogP contribution in [0.2, 0.25) is 0 Å². The molecule has 2 aromatic rings. The van der Waals surface area contributed by atoms with Crippen LogP contribution >= 0.6 is 11.3 Å². The standard InChI is InChI=1S/C34H38F2N4O5S/c1-21-2-8-29(46-21)33(44)40-16-17-45-34(20-40)11-14-39(15-12-34)19-22-3-6-26(35)25(31(22)36)10-13-37-18-28(42)23-4-7-27(41)32-24(23)5-9-30(43)38-32/h2-3,5-9,28,37,41-42H,4,10-20H2,1H3/t28-/m0/s1. The summed E-state index contributed by atoms with van der Waals surface area (Å²) in [6.45, 7) is 5.63. The molecule has 46 heavy (non-hydrogen) atoms. The monoisotopic (exact) mass is 652 g/mol. The second-order valence-electron chi connectivity index (χ2n) is 12.3. The summed E-state index contributed by atoms with van der Waals surface area (Å²) in [7, 11) is 0. The molecule has 1 spiro atoms. The minimum atomic E-state index is -0.941. The van der Waals surface area contributed by atoms with Crippen LogP contribution in [0.3, 0.4) is 0 Å². The highest BCUT2D eigenvalue weighted by atomic mass is 32.1. The van der Waals surface area contributed by atoms with Crippen molar-refractivity contribution in [2.24, 2.45) is 4.99 Å². The fraction of sp³-hybridized carbons (Fsp3) is 0.441. The number of benzene rings is 1. The van der Waals surface area contributed by atoms with E-state index in [9.17, 15) is 24.2 Å². The topological polar surface area (TPSA) is 115 Å². The van der Waals surface area contributed by atoms with E-state index in [1.807, 2.05) is 24.0 Å². The Morgan fingerprint density at radius 2 is 1.98 bits per heavy atom. The van der Waals surface area contributed by atoms with Crippen LogP contribution in [0.25, 0.3) is 0 Å². The number of thiophene rings is 1. The van der Waals surface area contributed by atoms with Crippen LogP contribution in [0, 0.1) is 18.6 Å². The first kappa shape index (κ1) is 32.4. The SMILES string of the molecule is Cc1ccc(C(=O)N2CCOC3(CCN(Cc4ccc(F)c(CCNC[C@H](O)C5=C6C=CC(=O)N=C6C(O)=CC5)c4F)CC3)C2)s1. The van der Waals surface area contributed by atoms with Gasteiger partial charge < -0.3 is 25.2 Å². The average Bonchev–Trinajstić information content (AvgIpc) is 3.49. The van der Waals surface area contributed by atoms with E-state index in [1.54, 1.807) is 0 Å². The molecule has 0 bridgehead atoms. The molecule has 3 N–H and O–H groups in total. The number of nitrogens with zero attached hydrogens (tertiary/aromatic N) is 3. The Bertz CT molecular complexity index is 1640. The first-order chi connectivity index (χ1) is 22.1. The van der Waals surface area contributed by atoms with Crippen LogP contribution in [0.5, 0.6) is 0 Å². The maximum Gasteiger partial charge on any atom is 0.270 e. The Hall–Kier alpha value is -3.55. The number of halogens is 2. The van der Waals surface area contributed by atoms with Gasteiger partial charge in [0.2, 0.25) is 0 Å². The number of aliphatic hydroxyl groups excluding tert-OH is 2. The van der Waals surface area contributed by atoms with Crippen LogP contribution in [0.15, 0.2) is 64.4 Å². The highest BCUT2D eigenvalue weighted by Crippen LogP contribution is 2.33. The molecular weight excluding hydrogens is 614 g/mol. The largest absolute Gasteiger partial charge is 0.506 e. The highest BCUT2D eigenvalue weighted by Gasteiger charge is 2.41. The van der Waals surface area contributed by atoms with Crippen molar-refractivity contribution in [2.75, 3.05) is 45.9 Å². The molecule has 0 radical (unpaired) electrons. The fourth-order valence-corrected chi connectivity index (χ4v) is 7.42. The number of rotatable bonds is 9. The third kappa shape index (κ3) is 6.91. The lowest BCUT2D eigenvalue weighted by Gasteiger charge is -2.47. The number of hydrogen-bond acceptors (Lipinski definition) is 8. The predicted molar refractivity (Wildman–Crippen MR) is 171 cm³/mol. The second-order valence-corrected chi connectivity index (χ2v) is 13.6. The Morgan fingerprint density at radius 3 is 2.74 bits per heavy atom.